The standard InChI is InChI=1S/C19H23ClN2O/c1-22-11-16(15-3-2-14(20)10-17(15)22)18(23)21-12-19-7-4-13(5-8-19)6-9-19/h2-3,10-11,13H,4-9,12H2,1H3,(H,21,23). The van der Waals surface area contributed by atoms with E-state index >= 15 is 0 Å². The molecule has 122 valence electrons. The summed E-state index contributed by atoms with van der Waals surface area (Å²) in [6.07, 6.45) is 9.80. The van der Waals surface area contributed by atoms with Crippen molar-refractivity contribution in [2.24, 2.45) is 18.4 Å². The normalized spacial score (nSPS) is 26.6. The summed E-state index contributed by atoms with van der Waals surface area (Å²) in [5.41, 5.74) is 2.11. The molecule has 1 amide bonds. The predicted molar refractivity (Wildman–Crippen MR) is 93.9 cm³/mol. The number of carbonyl (C=O) groups excluding carboxylic acids is 1. The minimum Gasteiger partial charge on any atom is -0.351 e. The van der Waals surface area contributed by atoms with Crippen LogP contribution in [0.3, 0.4) is 0 Å². The summed E-state index contributed by atoms with van der Waals surface area (Å²) in [6.45, 7) is 0.822. The molecule has 23 heavy (non-hydrogen) atoms. The minimum absolute atomic E-state index is 0.0417. The van der Waals surface area contributed by atoms with Crippen molar-refractivity contribution in [2.45, 2.75) is 38.5 Å². The van der Waals surface area contributed by atoms with Crippen LogP contribution in [-0.4, -0.2) is 17.0 Å². The molecule has 0 saturated heterocycles. The molecule has 1 aromatic heterocycles. The molecule has 3 aliphatic carbocycles. The molecule has 1 heterocycles. The zero-order valence-electron chi connectivity index (χ0n) is 13.6. The summed E-state index contributed by atoms with van der Waals surface area (Å²) in [6, 6.07) is 5.70. The largest absolute Gasteiger partial charge is 0.351 e. The molecule has 0 radical (unpaired) electrons. The highest BCUT2D eigenvalue weighted by atomic mass is 35.5. The molecule has 0 unspecified atom stereocenters. The second-order valence-electron chi connectivity index (χ2n) is 7.48. The first-order valence-corrected chi connectivity index (χ1v) is 8.97. The van der Waals surface area contributed by atoms with Crippen LogP contribution < -0.4 is 5.32 Å². The van der Waals surface area contributed by atoms with Crippen LogP contribution in [0.5, 0.6) is 0 Å². The van der Waals surface area contributed by atoms with E-state index in [0.29, 0.717) is 10.4 Å². The second-order valence-corrected chi connectivity index (χ2v) is 7.92. The van der Waals surface area contributed by atoms with Gasteiger partial charge in [-0.25, -0.2) is 0 Å². The Morgan fingerprint density at radius 3 is 2.70 bits per heavy atom. The number of aryl methyl sites for hydroxylation is 1. The summed E-state index contributed by atoms with van der Waals surface area (Å²) in [5.74, 6) is 0.996. The monoisotopic (exact) mass is 330 g/mol. The fourth-order valence-corrected chi connectivity index (χ4v) is 4.67. The Morgan fingerprint density at radius 2 is 2.00 bits per heavy atom. The highest BCUT2D eigenvalue weighted by molar-refractivity contribution is 6.31. The van der Waals surface area contributed by atoms with Crippen LogP contribution in [0.1, 0.15) is 48.9 Å². The van der Waals surface area contributed by atoms with Crippen LogP contribution in [0.2, 0.25) is 5.02 Å². The highest BCUT2D eigenvalue weighted by Crippen LogP contribution is 2.49. The fraction of sp³-hybridized carbons (Fsp3) is 0.526. The molecule has 1 N–H and O–H groups in total. The third kappa shape index (κ3) is 2.65. The van der Waals surface area contributed by atoms with Gasteiger partial charge in [-0.1, -0.05) is 17.7 Å². The maximum atomic E-state index is 12.7. The smallest absolute Gasteiger partial charge is 0.253 e. The molecule has 5 rings (SSSR count). The number of benzene rings is 1. The lowest BCUT2D eigenvalue weighted by Gasteiger charge is -2.46. The van der Waals surface area contributed by atoms with Crippen LogP contribution in [0, 0.1) is 11.3 Å². The first-order chi connectivity index (χ1) is 11.1. The Hall–Kier alpha value is -1.48. The summed E-state index contributed by atoms with van der Waals surface area (Å²) in [7, 11) is 1.95. The van der Waals surface area contributed by atoms with E-state index in [2.05, 4.69) is 5.32 Å². The van der Waals surface area contributed by atoms with E-state index in [0.717, 1.165) is 28.9 Å². The van der Waals surface area contributed by atoms with E-state index in [1.165, 1.54) is 38.5 Å². The number of halogens is 1. The summed E-state index contributed by atoms with van der Waals surface area (Å²) >= 11 is 6.07. The Labute approximate surface area is 142 Å². The van der Waals surface area contributed by atoms with Crippen molar-refractivity contribution in [1.29, 1.82) is 0 Å². The molecule has 3 aliphatic rings. The zero-order valence-corrected chi connectivity index (χ0v) is 14.3. The molecule has 1 aromatic carbocycles. The average Bonchev–Trinajstić information content (AvgIpc) is 2.91. The molecule has 0 atom stereocenters. The molecule has 2 bridgehead atoms. The van der Waals surface area contributed by atoms with E-state index in [4.69, 9.17) is 11.6 Å². The van der Waals surface area contributed by atoms with Gasteiger partial charge in [-0.05, 0) is 62.0 Å². The lowest BCUT2D eigenvalue weighted by atomic mass is 9.61. The number of rotatable bonds is 3. The molecule has 2 aromatic rings. The van der Waals surface area contributed by atoms with Gasteiger partial charge in [-0.15, -0.1) is 0 Å². The summed E-state index contributed by atoms with van der Waals surface area (Å²) in [5, 5.41) is 4.89. The predicted octanol–water partition coefficient (Wildman–Crippen LogP) is 4.53. The van der Waals surface area contributed by atoms with Crippen molar-refractivity contribution in [3.05, 3.63) is 35.0 Å². The van der Waals surface area contributed by atoms with Gasteiger partial charge >= 0.3 is 0 Å². The van der Waals surface area contributed by atoms with Crippen LogP contribution in [-0.2, 0) is 7.05 Å². The quantitative estimate of drug-likeness (QED) is 0.881. The molecular formula is C19H23ClN2O. The van der Waals surface area contributed by atoms with Gasteiger partial charge in [0.25, 0.3) is 5.91 Å². The van der Waals surface area contributed by atoms with Crippen molar-refractivity contribution in [3.8, 4) is 0 Å². The SMILES string of the molecule is Cn1cc(C(=O)NCC23CCC(CC2)CC3)c2ccc(Cl)cc21. The van der Waals surface area contributed by atoms with Gasteiger partial charge in [0.1, 0.15) is 0 Å². The van der Waals surface area contributed by atoms with Crippen molar-refractivity contribution in [3.63, 3.8) is 0 Å². The molecule has 3 nitrogen and oxygen atoms in total. The van der Waals surface area contributed by atoms with Gasteiger partial charge < -0.3 is 9.88 Å². The lowest BCUT2D eigenvalue weighted by molar-refractivity contribution is 0.0598. The molecule has 3 fully saturated rings. The number of fused-ring (bicyclic) bond motifs is 4. The van der Waals surface area contributed by atoms with Crippen LogP contribution in [0.25, 0.3) is 10.9 Å². The van der Waals surface area contributed by atoms with Crippen LogP contribution in [0.15, 0.2) is 24.4 Å². The van der Waals surface area contributed by atoms with Crippen molar-refractivity contribution < 1.29 is 4.79 Å². The van der Waals surface area contributed by atoms with Gasteiger partial charge in [0, 0.05) is 30.2 Å². The molecular weight excluding hydrogens is 308 g/mol. The third-order valence-corrected chi connectivity index (χ3v) is 6.31. The van der Waals surface area contributed by atoms with E-state index in [9.17, 15) is 4.79 Å². The molecule has 0 spiro atoms. The lowest BCUT2D eigenvalue weighted by Crippen LogP contribution is -2.43. The molecule has 0 aliphatic heterocycles. The van der Waals surface area contributed by atoms with Gasteiger partial charge in [0.15, 0.2) is 0 Å². The van der Waals surface area contributed by atoms with Gasteiger partial charge in [-0.2, -0.15) is 0 Å². The Bertz CT molecular complexity index is 742. The second kappa shape index (κ2) is 5.55. The summed E-state index contributed by atoms with van der Waals surface area (Å²) in [4.78, 5) is 12.7. The first kappa shape index (κ1) is 15.1. The van der Waals surface area contributed by atoms with E-state index < -0.39 is 0 Å². The van der Waals surface area contributed by atoms with Crippen molar-refractivity contribution in [2.75, 3.05) is 6.54 Å². The maximum Gasteiger partial charge on any atom is 0.253 e. The maximum absolute atomic E-state index is 12.7. The average molecular weight is 331 g/mol. The number of carbonyl (C=O) groups is 1. The number of hydrogen-bond acceptors (Lipinski definition) is 1. The summed E-state index contributed by atoms with van der Waals surface area (Å²) < 4.78 is 1.97. The van der Waals surface area contributed by atoms with Crippen molar-refractivity contribution in [1.82, 2.24) is 9.88 Å². The van der Waals surface area contributed by atoms with Gasteiger partial charge in [0.05, 0.1) is 11.1 Å². The Kier molecular flexibility index (Phi) is 3.64. The Morgan fingerprint density at radius 1 is 1.30 bits per heavy atom. The van der Waals surface area contributed by atoms with E-state index in [1.54, 1.807) is 0 Å². The minimum atomic E-state index is 0.0417. The number of aromatic nitrogens is 1. The molecule has 3 saturated carbocycles. The van der Waals surface area contributed by atoms with E-state index in [1.807, 2.05) is 36.0 Å². The fourth-order valence-electron chi connectivity index (χ4n) is 4.51. The van der Waals surface area contributed by atoms with Crippen LogP contribution in [0.4, 0.5) is 0 Å². The Balaban J connectivity index is 1.53. The zero-order chi connectivity index (χ0) is 16.0. The molecule has 4 heteroatoms. The number of amides is 1. The van der Waals surface area contributed by atoms with Crippen molar-refractivity contribution >= 4 is 28.4 Å². The van der Waals surface area contributed by atoms with Crippen LogP contribution >= 0.6 is 11.6 Å². The first-order valence-electron chi connectivity index (χ1n) is 8.59. The van der Waals surface area contributed by atoms with E-state index in [-0.39, 0.29) is 5.91 Å². The third-order valence-electron chi connectivity index (χ3n) is 6.07. The van der Waals surface area contributed by atoms with Gasteiger partial charge in [0.2, 0.25) is 0 Å². The number of nitrogens with zero attached hydrogens (tertiary/aromatic N) is 1. The number of hydrogen-bond donors (Lipinski definition) is 1. The van der Waals surface area contributed by atoms with Gasteiger partial charge in [-0.3, -0.25) is 4.79 Å². The number of nitrogens with one attached hydrogen (secondary N) is 1. The topological polar surface area (TPSA) is 34.0 Å². The highest BCUT2D eigenvalue weighted by Gasteiger charge is 2.40.